The normalized spacial score (nSPS) is 12.8. The van der Waals surface area contributed by atoms with Crippen molar-refractivity contribution in [3.8, 4) is 0 Å². The van der Waals surface area contributed by atoms with Gasteiger partial charge in [-0.05, 0) is 28.9 Å². The van der Waals surface area contributed by atoms with Crippen molar-refractivity contribution in [1.29, 1.82) is 0 Å². The average molecular weight is 299 g/mol. The Balaban J connectivity index is 2.47. The van der Waals surface area contributed by atoms with Crippen LogP contribution >= 0.6 is 15.9 Å². The summed E-state index contributed by atoms with van der Waals surface area (Å²) in [6.07, 6.45) is 0.696. The Kier molecular flexibility index (Phi) is 3.31. The minimum Gasteiger partial charge on any atom is -0.383 e. The molecule has 17 heavy (non-hydrogen) atoms. The van der Waals surface area contributed by atoms with Gasteiger partial charge >= 0.3 is 0 Å². The van der Waals surface area contributed by atoms with Gasteiger partial charge < -0.3 is 5.11 Å². The summed E-state index contributed by atoms with van der Waals surface area (Å²) in [4.78, 5) is 0. The number of hydrogen-bond acceptors (Lipinski definition) is 2. The molecule has 90 valence electrons. The van der Waals surface area contributed by atoms with Crippen molar-refractivity contribution in [2.24, 2.45) is 7.05 Å². The summed E-state index contributed by atoms with van der Waals surface area (Å²) >= 11 is 3.10. The molecule has 0 radical (unpaired) electrons. The Bertz CT molecular complexity index is 553. The van der Waals surface area contributed by atoms with Crippen LogP contribution in [-0.2, 0) is 7.05 Å². The number of rotatable bonds is 2. The van der Waals surface area contributed by atoms with E-state index in [4.69, 9.17) is 0 Å². The number of aryl methyl sites for hydroxylation is 2. The van der Waals surface area contributed by atoms with Gasteiger partial charge in [-0.3, -0.25) is 4.68 Å². The number of aliphatic hydroxyl groups is 1. The topological polar surface area (TPSA) is 38.0 Å². The summed E-state index contributed by atoms with van der Waals surface area (Å²) in [5.41, 5.74) is 1.55. The lowest BCUT2D eigenvalue weighted by molar-refractivity contribution is 0.214. The van der Waals surface area contributed by atoms with Gasteiger partial charge in [0.05, 0.1) is 10.2 Å². The number of aliphatic hydroxyl groups excluding tert-OH is 1. The minimum absolute atomic E-state index is 0.246. The zero-order valence-corrected chi connectivity index (χ0v) is 11.1. The second kappa shape index (κ2) is 4.58. The monoisotopic (exact) mass is 298 g/mol. The van der Waals surface area contributed by atoms with Crippen molar-refractivity contribution < 1.29 is 9.50 Å². The molecular formula is C12H12BrFN2O. The minimum atomic E-state index is -0.999. The van der Waals surface area contributed by atoms with Crippen molar-refractivity contribution in [2.75, 3.05) is 0 Å². The second-order valence-electron chi connectivity index (χ2n) is 3.89. The Morgan fingerprint density at radius 1 is 1.41 bits per heavy atom. The molecule has 2 rings (SSSR count). The molecule has 5 heteroatoms. The molecule has 1 N–H and O–H groups in total. The van der Waals surface area contributed by atoms with Gasteiger partial charge in [0.2, 0.25) is 0 Å². The molecule has 1 heterocycles. The van der Waals surface area contributed by atoms with Crippen LogP contribution in [0.4, 0.5) is 4.39 Å². The molecule has 0 saturated carbocycles. The number of aromatic nitrogens is 2. The molecule has 0 amide bonds. The smallest absolute Gasteiger partial charge is 0.143 e. The van der Waals surface area contributed by atoms with E-state index < -0.39 is 11.9 Å². The van der Waals surface area contributed by atoms with Gasteiger partial charge in [0.25, 0.3) is 0 Å². The maximum absolute atomic E-state index is 13.8. The molecule has 0 bridgehead atoms. The fourth-order valence-electron chi connectivity index (χ4n) is 1.79. The highest BCUT2D eigenvalue weighted by Gasteiger charge is 2.20. The third-order valence-corrected chi connectivity index (χ3v) is 3.23. The largest absolute Gasteiger partial charge is 0.383 e. The predicted molar refractivity (Wildman–Crippen MR) is 66.1 cm³/mol. The van der Waals surface area contributed by atoms with Gasteiger partial charge in [-0.2, -0.15) is 5.10 Å². The van der Waals surface area contributed by atoms with Crippen molar-refractivity contribution in [3.63, 3.8) is 0 Å². The van der Waals surface area contributed by atoms with E-state index in [-0.39, 0.29) is 5.56 Å². The molecule has 1 unspecified atom stereocenters. The van der Waals surface area contributed by atoms with Crippen molar-refractivity contribution in [2.45, 2.75) is 13.0 Å². The number of hydrogen-bond donors (Lipinski definition) is 1. The predicted octanol–water partition coefficient (Wildman–Crippen LogP) is 2.71. The van der Waals surface area contributed by atoms with Crippen LogP contribution in [0.5, 0.6) is 0 Å². The third-order valence-electron chi connectivity index (χ3n) is 2.62. The molecule has 1 atom stereocenters. The Morgan fingerprint density at radius 3 is 2.71 bits per heavy atom. The highest BCUT2D eigenvalue weighted by atomic mass is 79.9. The first-order valence-corrected chi connectivity index (χ1v) is 5.92. The van der Waals surface area contributed by atoms with E-state index in [1.807, 2.05) is 0 Å². The highest BCUT2D eigenvalue weighted by Crippen LogP contribution is 2.29. The highest BCUT2D eigenvalue weighted by molar-refractivity contribution is 9.10. The fraction of sp³-hybridized carbons (Fsp3) is 0.250. The second-order valence-corrected chi connectivity index (χ2v) is 4.74. The van der Waals surface area contributed by atoms with Crippen LogP contribution in [0.2, 0.25) is 0 Å². The van der Waals surface area contributed by atoms with Crippen molar-refractivity contribution in [3.05, 3.63) is 51.5 Å². The van der Waals surface area contributed by atoms with Gasteiger partial charge in [0, 0.05) is 24.4 Å². The first-order valence-electron chi connectivity index (χ1n) is 5.13. The number of halogens is 2. The molecular weight excluding hydrogens is 287 g/mol. The Hall–Kier alpha value is -1.20. The van der Waals surface area contributed by atoms with Gasteiger partial charge in [0.1, 0.15) is 11.9 Å². The lowest BCUT2D eigenvalue weighted by Crippen LogP contribution is -2.03. The molecule has 0 aliphatic rings. The van der Waals surface area contributed by atoms with E-state index >= 15 is 0 Å². The zero-order chi connectivity index (χ0) is 12.6. The van der Waals surface area contributed by atoms with Crippen LogP contribution in [-0.4, -0.2) is 14.9 Å². The van der Waals surface area contributed by atoms with E-state index in [1.165, 1.54) is 0 Å². The van der Waals surface area contributed by atoms with Crippen LogP contribution in [0.3, 0.4) is 0 Å². The summed E-state index contributed by atoms with van der Waals surface area (Å²) in [5, 5.41) is 14.3. The van der Waals surface area contributed by atoms with Crippen molar-refractivity contribution >= 4 is 15.9 Å². The first-order chi connectivity index (χ1) is 8.00. The summed E-state index contributed by atoms with van der Waals surface area (Å²) < 4.78 is 15.8. The zero-order valence-electron chi connectivity index (χ0n) is 9.48. The van der Waals surface area contributed by atoms with Crippen LogP contribution < -0.4 is 0 Å². The van der Waals surface area contributed by atoms with E-state index in [1.54, 1.807) is 43.0 Å². The van der Waals surface area contributed by atoms with Gasteiger partial charge in [-0.15, -0.1) is 0 Å². The van der Waals surface area contributed by atoms with Gasteiger partial charge in [0.15, 0.2) is 0 Å². The number of nitrogens with zero attached hydrogens (tertiary/aromatic N) is 2. The summed E-state index contributed by atoms with van der Waals surface area (Å²) in [7, 11) is 1.76. The molecule has 1 aromatic heterocycles. The van der Waals surface area contributed by atoms with Gasteiger partial charge in [-0.1, -0.05) is 12.1 Å². The summed E-state index contributed by atoms with van der Waals surface area (Å²) in [6.45, 7) is 1.79. The lowest BCUT2D eigenvalue weighted by atomic mass is 10.0. The standard InChI is InChI=1S/C12H12BrFN2O/c1-7-9(6-16(2)15-7)12(17)8-4-3-5-10(13)11(8)14/h3-6,12,17H,1-2H3. The van der Waals surface area contributed by atoms with Crippen LogP contribution in [0.15, 0.2) is 28.9 Å². The van der Waals surface area contributed by atoms with Crippen LogP contribution in [0.25, 0.3) is 0 Å². The molecule has 3 nitrogen and oxygen atoms in total. The van der Waals surface area contributed by atoms with E-state index in [2.05, 4.69) is 21.0 Å². The molecule has 0 aliphatic carbocycles. The maximum atomic E-state index is 13.8. The summed E-state index contributed by atoms with van der Waals surface area (Å²) in [5.74, 6) is -0.441. The van der Waals surface area contributed by atoms with E-state index in [9.17, 15) is 9.50 Å². The first kappa shape index (κ1) is 12.3. The van der Waals surface area contributed by atoms with Crippen molar-refractivity contribution in [1.82, 2.24) is 9.78 Å². The molecule has 0 spiro atoms. The Morgan fingerprint density at radius 2 is 2.12 bits per heavy atom. The lowest BCUT2D eigenvalue weighted by Gasteiger charge is -2.11. The molecule has 1 aromatic carbocycles. The molecule has 0 aliphatic heterocycles. The maximum Gasteiger partial charge on any atom is 0.143 e. The fourth-order valence-corrected chi connectivity index (χ4v) is 2.17. The quantitative estimate of drug-likeness (QED) is 0.926. The van der Waals surface area contributed by atoms with Crippen LogP contribution in [0.1, 0.15) is 22.9 Å². The molecule has 0 saturated heterocycles. The molecule has 0 fully saturated rings. The van der Waals surface area contributed by atoms with E-state index in [0.29, 0.717) is 15.7 Å². The van der Waals surface area contributed by atoms with Crippen LogP contribution in [0, 0.1) is 12.7 Å². The van der Waals surface area contributed by atoms with E-state index in [0.717, 1.165) is 0 Å². The average Bonchev–Trinajstić information content (AvgIpc) is 2.61. The number of benzene rings is 1. The SMILES string of the molecule is Cc1nn(C)cc1C(O)c1cccc(Br)c1F. The third kappa shape index (κ3) is 2.25. The van der Waals surface area contributed by atoms with Gasteiger partial charge in [-0.25, -0.2) is 4.39 Å². The summed E-state index contributed by atoms with van der Waals surface area (Å²) in [6, 6.07) is 4.86. The Labute approximate surface area is 107 Å². The molecule has 2 aromatic rings.